The molecule has 0 saturated heterocycles. The number of amidine groups is 1. The van der Waals surface area contributed by atoms with E-state index in [1.54, 1.807) is 0 Å². The largest absolute Gasteiger partial charge is 0.475 e. The second-order valence-electron chi connectivity index (χ2n) is 3.89. The van der Waals surface area contributed by atoms with Crippen LogP contribution in [0.2, 0.25) is 0 Å². The van der Waals surface area contributed by atoms with Crippen molar-refractivity contribution in [3.63, 3.8) is 0 Å². The first-order chi connectivity index (χ1) is 9.66. The van der Waals surface area contributed by atoms with E-state index in [4.69, 9.17) is 9.84 Å². The number of aliphatic imine (C=N–C) groups is 1. The van der Waals surface area contributed by atoms with E-state index in [-0.39, 0.29) is 18.1 Å². The van der Waals surface area contributed by atoms with Crippen molar-refractivity contribution < 1.29 is 19.4 Å². The molecule has 0 fully saturated rings. The third kappa shape index (κ3) is 3.55. The fourth-order valence-electron chi connectivity index (χ4n) is 1.49. The maximum atomic E-state index is 11.9. The molecule has 102 valence electrons. The molecular weight excluding hydrogens is 260 g/mol. The van der Waals surface area contributed by atoms with Crippen LogP contribution < -0.4 is 5.32 Å². The Hall–Kier alpha value is -2.89. The molecule has 0 unspecified atom stereocenters. The Kier molecular flexibility index (Phi) is 4.28. The lowest BCUT2D eigenvalue weighted by atomic mass is 10.2. The molecule has 0 radical (unpaired) electrons. The Balaban J connectivity index is 1.99. The molecule has 0 amide bonds. The highest BCUT2D eigenvalue weighted by Gasteiger charge is 2.18. The van der Waals surface area contributed by atoms with Crippen LogP contribution in [0.4, 0.5) is 0 Å². The zero-order valence-electron chi connectivity index (χ0n) is 10.4. The molecule has 0 atom stereocenters. The summed E-state index contributed by atoms with van der Waals surface area (Å²) in [4.78, 5) is 26.3. The molecule has 0 bridgehead atoms. The molecule has 6 heteroatoms. The molecule has 0 aliphatic carbocycles. The molecule has 1 aliphatic heterocycles. The average molecular weight is 272 g/mol. The van der Waals surface area contributed by atoms with Crippen LogP contribution in [0.5, 0.6) is 0 Å². The number of benzene rings is 1. The van der Waals surface area contributed by atoms with E-state index in [0.717, 1.165) is 5.56 Å². The summed E-state index contributed by atoms with van der Waals surface area (Å²) in [6.45, 7) is 0.113. The lowest BCUT2D eigenvalue weighted by Crippen LogP contribution is -2.33. The zero-order chi connectivity index (χ0) is 14.4. The Bertz CT molecular complexity index is 603. The summed E-state index contributed by atoms with van der Waals surface area (Å²) in [5.41, 5.74) is 0.869. The van der Waals surface area contributed by atoms with Crippen molar-refractivity contribution in [3.8, 4) is 0 Å². The second kappa shape index (κ2) is 6.33. The van der Waals surface area contributed by atoms with Gasteiger partial charge in [-0.15, -0.1) is 0 Å². The Morgan fingerprint density at radius 1 is 1.25 bits per heavy atom. The lowest BCUT2D eigenvalue weighted by Gasteiger charge is -2.09. The quantitative estimate of drug-likeness (QED) is 0.804. The van der Waals surface area contributed by atoms with Crippen LogP contribution in [-0.4, -0.2) is 22.9 Å². The number of carbonyl (C=O) groups is 2. The van der Waals surface area contributed by atoms with Crippen LogP contribution in [0.15, 0.2) is 59.4 Å². The van der Waals surface area contributed by atoms with Gasteiger partial charge in [0.25, 0.3) is 0 Å². The third-order valence-corrected chi connectivity index (χ3v) is 2.44. The van der Waals surface area contributed by atoms with Gasteiger partial charge < -0.3 is 15.2 Å². The summed E-state index contributed by atoms with van der Waals surface area (Å²) in [6.07, 6.45) is 4.16. The second-order valence-corrected chi connectivity index (χ2v) is 3.89. The number of esters is 1. The molecule has 0 aromatic heterocycles. The van der Waals surface area contributed by atoms with Gasteiger partial charge in [-0.3, -0.25) is 0 Å². The minimum atomic E-state index is -1.25. The van der Waals surface area contributed by atoms with Gasteiger partial charge >= 0.3 is 11.9 Å². The molecule has 2 N–H and O–H groups in total. The van der Waals surface area contributed by atoms with Gasteiger partial charge in [-0.25, -0.2) is 14.6 Å². The summed E-state index contributed by atoms with van der Waals surface area (Å²) in [7, 11) is 0. The molecule has 1 aromatic rings. The number of aliphatic carboxylic acids is 1. The number of ether oxygens (including phenoxy) is 1. The van der Waals surface area contributed by atoms with E-state index in [9.17, 15) is 9.59 Å². The van der Waals surface area contributed by atoms with Gasteiger partial charge in [-0.1, -0.05) is 30.3 Å². The highest BCUT2D eigenvalue weighted by atomic mass is 16.5. The number of carbonyl (C=O) groups excluding carboxylic acids is 1. The smallest absolute Gasteiger partial charge is 0.371 e. The van der Waals surface area contributed by atoms with Crippen molar-refractivity contribution in [2.75, 3.05) is 0 Å². The van der Waals surface area contributed by atoms with Gasteiger partial charge in [-0.05, 0) is 17.7 Å². The summed E-state index contributed by atoms with van der Waals surface area (Å²) in [5.74, 6) is -2.23. The predicted octanol–water partition coefficient (Wildman–Crippen LogP) is 1.21. The fourth-order valence-corrected chi connectivity index (χ4v) is 1.49. The number of carboxylic acid groups (broad SMARTS) is 1. The van der Waals surface area contributed by atoms with Crippen molar-refractivity contribution in [1.82, 2.24) is 5.32 Å². The molecule has 0 spiro atoms. The molecular formula is C14H12N2O4. The molecule has 1 aromatic carbocycles. The topological polar surface area (TPSA) is 88.0 Å². The van der Waals surface area contributed by atoms with Crippen molar-refractivity contribution in [2.45, 2.75) is 6.61 Å². The first-order valence-electron chi connectivity index (χ1n) is 5.83. The Labute approximate surface area is 115 Å². The maximum absolute atomic E-state index is 11.9. The minimum Gasteiger partial charge on any atom is -0.475 e. The van der Waals surface area contributed by atoms with Gasteiger partial charge in [0.15, 0.2) is 0 Å². The van der Waals surface area contributed by atoms with E-state index in [1.807, 2.05) is 30.3 Å². The van der Waals surface area contributed by atoms with Crippen LogP contribution in [0.1, 0.15) is 5.56 Å². The lowest BCUT2D eigenvalue weighted by molar-refractivity contribution is -0.140. The summed E-state index contributed by atoms with van der Waals surface area (Å²) in [5, 5.41) is 11.3. The highest BCUT2D eigenvalue weighted by Crippen LogP contribution is 2.05. The average Bonchev–Trinajstić information content (AvgIpc) is 2.72. The number of rotatable bonds is 4. The predicted molar refractivity (Wildman–Crippen MR) is 71.7 cm³/mol. The summed E-state index contributed by atoms with van der Waals surface area (Å²) < 4.78 is 5.10. The van der Waals surface area contributed by atoms with Crippen molar-refractivity contribution in [3.05, 3.63) is 59.9 Å². The van der Waals surface area contributed by atoms with Gasteiger partial charge in [-0.2, -0.15) is 0 Å². The van der Waals surface area contributed by atoms with Gasteiger partial charge in [0.2, 0.25) is 5.84 Å². The van der Waals surface area contributed by atoms with E-state index >= 15 is 0 Å². The van der Waals surface area contributed by atoms with E-state index in [1.165, 1.54) is 18.4 Å². The summed E-state index contributed by atoms with van der Waals surface area (Å²) >= 11 is 0. The fraction of sp³-hybridized carbons (Fsp3) is 0.0714. The van der Waals surface area contributed by atoms with Crippen LogP contribution in [0.25, 0.3) is 0 Å². The molecule has 1 heterocycles. The molecule has 6 nitrogen and oxygen atoms in total. The minimum absolute atomic E-state index is 0.0239. The van der Waals surface area contributed by atoms with Crippen LogP contribution >= 0.6 is 0 Å². The number of carboxylic acids is 1. The normalized spacial score (nSPS) is 13.6. The van der Waals surface area contributed by atoms with Crippen molar-refractivity contribution in [1.29, 1.82) is 0 Å². The Morgan fingerprint density at radius 2 is 2.00 bits per heavy atom. The monoisotopic (exact) mass is 272 g/mol. The molecule has 2 rings (SSSR count). The van der Waals surface area contributed by atoms with Crippen molar-refractivity contribution in [2.24, 2.45) is 4.99 Å². The van der Waals surface area contributed by atoms with Crippen LogP contribution in [0.3, 0.4) is 0 Å². The molecule has 1 aliphatic rings. The van der Waals surface area contributed by atoms with Crippen molar-refractivity contribution >= 4 is 17.8 Å². The van der Waals surface area contributed by atoms with Gasteiger partial charge in [0.05, 0.1) is 0 Å². The first kappa shape index (κ1) is 13.5. The van der Waals surface area contributed by atoms with E-state index in [0.29, 0.717) is 0 Å². The number of nitrogens with one attached hydrogen (secondary N) is 1. The SMILES string of the molecule is O=C(O)C1=NC=CC=C(C(=O)OCc2ccccc2)N1. The van der Waals surface area contributed by atoms with Gasteiger partial charge in [0, 0.05) is 6.20 Å². The third-order valence-electron chi connectivity index (χ3n) is 2.44. The number of nitrogens with zero attached hydrogens (tertiary/aromatic N) is 1. The van der Waals surface area contributed by atoms with Crippen LogP contribution in [-0.2, 0) is 20.9 Å². The first-order valence-corrected chi connectivity index (χ1v) is 5.83. The molecule has 20 heavy (non-hydrogen) atoms. The van der Waals surface area contributed by atoms with Crippen LogP contribution in [0, 0.1) is 0 Å². The number of hydrogen-bond acceptors (Lipinski definition) is 5. The number of allylic oxidation sites excluding steroid dienone is 2. The maximum Gasteiger partial charge on any atom is 0.371 e. The highest BCUT2D eigenvalue weighted by molar-refractivity contribution is 6.35. The van der Waals surface area contributed by atoms with E-state index in [2.05, 4.69) is 10.3 Å². The standard InChI is InChI=1S/C14H12N2O4/c17-13(18)12-15-8-4-7-11(16-12)14(19)20-9-10-5-2-1-3-6-10/h1-8H,9H2,(H,15,16)(H,17,18). The molecule has 0 saturated carbocycles. The summed E-state index contributed by atoms with van der Waals surface area (Å²) in [6, 6.07) is 9.19. The van der Waals surface area contributed by atoms with Gasteiger partial charge in [0.1, 0.15) is 12.3 Å². The number of hydrogen-bond donors (Lipinski definition) is 2. The Morgan fingerprint density at radius 3 is 2.70 bits per heavy atom. The zero-order valence-corrected chi connectivity index (χ0v) is 10.4. The van der Waals surface area contributed by atoms with E-state index < -0.39 is 11.9 Å².